The predicted octanol–water partition coefficient (Wildman–Crippen LogP) is 5.14. The summed E-state index contributed by atoms with van der Waals surface area (Å²) in [5.41, 5.74) is 3.71. The molecule has 1 amide bonds. The highest BCUT2D eigenvalue weighted by Crippen LogP contribution is 2.37. The monoisotopic (exact) mass is 492 g/mol. The summed E-state index contributed by atoms with van der Waals surface area (Å²) in [6.45, 7) is -0.549. The highest BCUT2D eigenvalue weighted by atomic mass is 32.1. The lowest BCUT2D eigenvalue weighted by molar-refractivity contribution is 0.102. The van der Waals surface area contributed by atoms with Crippen LogP contribution in [0.5, 0.6) is 5.75 Å². The molecule has 2 aromatic carbocycles. The van der Waals surface area contributed by atoms with Crippen LogP contribution in [0.15, 0.2) is 66.6 Å². The number of methoxy groups -OCH3 is 1. The summed E-state index contributed by atoms with van der Waals surface area (Å²) in [6.07, 6.45) is 1.86. The van der Waals surface area contributed by atoms with Crippen LogP contribution >= 0.6 is 11.5 Å². The molecule has 0 saturated carbocycles. The molecule has 0 radical (unpaired) electrons. The molecule has 0 atom stereocenters. The number of anilines is 1. The summed E-state index contributed by atoms with van der Waals surface area (Å²) in [5.74, 6) is 0.0693. The second-order valence-electron chi connectivity index (χ2n) is 7.53. The molecule has 3 aromatic heterocycles. The van der Waals surface area contributed by atoms with Crippen LogP contribution in [-0.2, 0) is 6.54 Å². The minimum Gasteiger partial charge on any atom is -0.494 e. The first kappa shape index (κ1) is 22.5. The number of amides is 1. The van der Waals surface area contributed by atoms with E-state index in [0.717, 1.165) is 5.56 Å². The number of carbonyl (C=O) groups excluding carboxylic acids is 1. The Hall–Kier alpha value is -4.25. The summed E-state index contributed by atoms with van der Waals surface area (Å²) in [5, 5.41) is 9.50. The predicted molar refractivity (Wildman–Crippen MR) is 129 cm³/mol. The molecule has 0 aliphatic carbocycles. The largest absolute Gasteiger partial charge is 0.494 e. The fraction of sp³-hybridized carbons (Fsp3) is 0.125. The van der Waals surface area contributed by atoms with Gasteiger partial charge < -0.3 is 10.1 Å². The third-order valence-electron chi connectivity index (χ3n) is 5.29. The van der Waals surface area contributed by atoms with Crippen molar-refractivity contribution < 1.29 is 18.3 Å². The summed E-state index contributed by atoms with van der Waals surface area (Å²) >= 11 is 1.17. The molecular formula is C24H18F2N6O2S. The van der Waals surface area contributed by atoms with Crippen LogP contribution < -0.4 is 10.1 Å². The fourth-order valence-corrected chi connectivity index (χ4v) is 4.23. The maximum absolute atomic E-state index is 13.1. The molecule has 5 aromatic rings. The van der Waals surface area contributed by atoms with Crippen LogP contribution in [0.25, 0.3) is 33.4 Å². The van der Waals surface area contributed by atoms with Gasteiger partial charge in [0.15, 0.2) is 0 Å². The normalized spacial score (nSPS) is 11.2. The van der Waals surface area contributed by atoms with Gasteiger partial charge in [-0.15, -0.1) is 0 Å². The minimum atomic E-state index is -2.56. The van der Waals surface area contributed by atoms with Gasteiger partial charge in [-0.05, 0) is 17.6 Å². The second-order valence-corrected chi connectivity index (χ2v) is 8.19. The first-order chi connectivity index (χ1) is 17.0. The van der Waals surface area contributed by atoms with Gasteiger partial charge in [0.1, 0.15) is 24.3 Å². The Bertz CT molecular complexity index is 1490. The Morgan fingerprint density at radius 3 is 2.71 bits per heavy atom. The summed E-state index contributed by atoms with van der Waals surface area (Å²) in [4.78, 5) is 21.5. The van der Waals surface area contributed by atoms with Crippen molar-refractivity contribution in [2.24, 2.45) is 0 Å². The van der Waals surface area contributed by atoms with E-state index in [1.165, 1.54) is 35.8 Å². The maximum Gasteiger partial charge on any atom is 0.258 e. The van der Waals surface area contributed by atoms with Crippen molar-refractivity contribution in [2.75, 3.05) is 12.4 Å². The van der Waals surface area contributed by atoms with E-state index in [2.05, 4.69) is 24.8 Å². The minimum absolute atomic E-state index is 0.343. The molecule has 0 bridgehead atoms. The van der Waals surface area contributed by atoms with E-state index < -0.39 is 13.0 Å². The molecule has 0 aliphatic heterocycles. The third kappa shape index (κ3) is 4.58. The standard InChI is InChI=1S/C24H18F2N6O2S/c1-34-20-8-18-16(7-19(20)30-24(33)15-9-29-35-12-15)23(28-13-27-18)17-10-32(11-21(25)26)31-22(17)14-5-3-2-4-6-14/h2-10,12-13,21H,11H2,1H3,(H,30,33). The first-order valence-corrected chi connectivity index (χ1v) is 11.3. The van der Waals surface area contributed by atoms with E-state index in [-0.39, 0.29) is 5.91 Å². The maximum atomic E-state index is 13.1. The molecule has 8 nitrogen and oxygen atoms in total. The lowest BCUT2D eigenvalue weighted by atomic mass is 10.0. The number of hydrogen-bond donors (Lipinski definition) is 1. The topological polar surface area (TPSA) is 94.8 Å². The summed E-state index contributed by atoms with van der Waals surface area (Å²) < 4.78 is 36.9. The van der Waals surface area contributed by atoms with Gasteiger partial charge in [-0.25, -0.2) is 23.1 Å². The number of halogens is 2. The zero-order valence-corrected chi connectivity index (χ0v) is 19.2. The smallest absolute Gasteiger partial charge is 0.258 e. The molecular weight excluding hydrogens is 474 g/mol. The van der Waals surface area contributed by atoms with Crippen molar-refractivity contribution in [2.45, 2.75) is 13.0 Å². The number of benzene rings is 2. The quantitative estimate of drug-likeness (QED) is 0.338. The van der Waals surface area contributed by atoms with Crippen molar-refractivity contribution in [1.29, 1.82) is 0 Å². The van der Waals surface area contributed by atoms with Crippen LogP contribution in [0, 0.1) is 0 Å². The number of nitrogens with zero attached hydrogens (tertiary/aromatic N) is 5. The highest BCUT2D eigenvalue weighted by Gasteiger charge is 2.20. The highest BCUT2D eigenvalue weighted by molar-refractivity contribution is 7.03. The van der Waals surface area contributed by atoms with Crippen molar-refractivity contribution in [1.82, 2.24) is 24.1 Å². The number of alkyl halides is 2. The SMILES string of the molecule is COc1cc2ncnc(-c3cn(CC(F)F)nc3-c3ccccc3)c2cc1NC(=O)c1cnsc1. The molecule has 5 rings (SSSR count). The van der Waals surface area contributed by atoms with Gasteiger partial charge in [-0.1, -0.05) is 30.3 Å². The van der Waals surface area contributed by atoms with Gasteiger partial charge in [-0.2, -0.15) is 5.10 Å². The van der Waals surface area contributed by atoms with Crippen LogP contribution in [0.3, 0.4) is 0 Å². The van der Waals surface area contributed by atoms with Crippen molar-refractivity contribution in [3.05, 3.63) is 72.1 Å². The average molecular weight is 493 g/mol. The summed E-state index contributed by atoms with van der Waals surface area (Å²) in [6, 6.07) is 12.7. The van der Waals surface area contributed by atoms with Crippen LogP contribution in [0.1, 0.15) is 10.4 Å². The lowest BCUT2D eigenvalue weighted by Crippen LogP contribution is -2.12. The third-order valence-corrected chi connectivity index (χ3v) is 5.87. The van der Waals surface area contributed by atoms with Crippen LogP contribution in [0.2, 0.25) is 0 Å². The number of rotatable bonds is 7. The van der Waals surface area contributed by atoms with E-state index in [1.807, 2.05) is 30.3 Å². The van der Waals surface area contributed by atoms with Gasteiger partial charge in [-0.3, -0.25) is 9.48 Å². The Balaban J connectivity index is 1.67. The van der Waals surface area contributed by atoms with Gasteiger partial charge in [0, 0.05) is 34.2 Å². The number of ether oxygens (including phenoxy) is 1. The lowest BCUT2D eigenvalue weighted by Gasteiger charge is -2.13. The van der Waals surface area contributed by atoms with E-state index in [1.54, 1.807) is 23.7 Å². The van der Waals surface area contributed by atoms with Gasteiger partial charge >= 0.3 is 0 Å². The van der Waals surface area contributed by atoms with Gasteiger partial charge in [0.2, 0.25) is 0 Å². The average Bonchev–Trinajstić information content (AvgIpc) is 3.54. The van der Waals surface area contributed by atoms with Gasteiger partial charge in [0.25, 0.3) is 12.3 Å². The van der Waals surface area contributed by atoms with E-state index in [4.69, 9.17) is 4.74 Å². The molecule has 0 aliphatic rings. The molecule has 0 unspecified atom stereocenters. The number of nitrogens with one attached hydrogen (secondary N) is 1. The molecule has 176 valence electrons. The number of carbonyl (C=O) groups is 1. The molecule has 0 fully saturated rings. The number of hydrogen-bond acceptors (Lipinski definition) is 7. The number of fused-ring (bicyclic) bond motifs is 1. The van der Waals surface area contributed by atoms with Crippen LogP contribution in [-0.4, -0.2) is 43.6 Å². The second kappa shape index (κ2) is 9.55. The van der Waals surface area contributed by atoms with E-state index in [0.29, 0.717) is 44.9 Å². The molecule has 0 saturated heterocycles. The Morgan fingerprint density at radius 1 is 1.17 bits per heavy atom. The fourth-order valence-electron chi connectivity index (χ4n) is 3.72. The van der Waals surface area contributed by atoms with Crippen molar-refractivity contribution in [3.63, 3.8) is 0 Å². The Kier molecular flexibility index (Phi) is 6.15. The number of aromatic nitrogens is 5. The van der Waals surface area contributed by atoms with Gasteiger partial charge in [0.05, 0.1) is 35.8 Å². The van der Waals surface area contributed by atoms with E-state index >= 15 is 0 Å². The van der Waals surface area contributed by atoms with E-state index in [9.17, 15) is 13.6 Å². The van der Waals surface area contributed by atoms with Crippen molar-refractivity contribution in [3.8, 4) is 28.3 Å². The van der Waals surface area contributed by atoms with Crippen LogP contribution in [0.4, 0.5) is 14.5 Å². The summed E-state index contributed by atoms with van der Waals surface area (Å²) in [7, 11) is 1.49. The molecule has 1 N–H and O–H groups in total. The molecule has 35 heavy (non-hydrogen) atoms. The van der Waals surface area contributed by atoms with Crippen molar-refractivity contribution >= 4 is 34.0 Å². The first-order valence-electron chi connectivity index (χ1n) is 10.5. The molecule has 11 heteroatoms. The molecule has 0 spiro atoms. The zero-order valence-electron chi connectivity index (χ0n) is 18.4. The zero-order chi connectivity index (χ0) is 24.4. The Morgan fingerprint density at radius 2 is 2.00 bits per heavy atom. The Labute approximate surface area is 202 Å². The molecule has 3 heterocycles.